The molecule has 0 rings (SSSR count). The number of allylic oxidation sites excluding steroid dienone is 1. The molecular formula is C10H18SSe. The summed E-state index contributed by atoms with van der Waals surface area (Å²) in [6.07, 6.45) is 5.76. The molecule has 0 radical (unpaired) electrons. The van der Waals surface area contributed by atoms with Crippen LogP contribution in [0.3, 0.4) is 0 Å². The Morgan fingerprint density at radius 1 is 1.67 bits per heavy atom. The summed E-state index contributed by atoms with van der Waals surface area (Å²) < 4.78 is 1.43. The molecule has 0 aromatic carbocycles. The van der Waals surface area contributed by atoms with Gasteiger partial charge in [-0.1, -0.05) is 0 Å². The molecule has 0 aromatic heterocycles. The van der Waals surface area contributed by atoms with E-state index in [0.29, 0.717) is 5.92 Å². The first-order chi connectivity index (χ1) is 5.70. The van der Waals surface area contributed by atoms with E-state index >= 15 is 0 Å². The number of rotatable bonds is 7. The van der Waals surface area contributed by atoms with Crippen LogP contribution in [0.15, 0.2) is 12.7 Å². The molecule has 0 saturated carbocycles. The molecule has 12 heavy (non-hydrogen) atoms. The molecule has 0 saturated heterocycles. The topological polar surface area (TPSA) is 0 Å². The average Bonchev–Trinajstić information content (AvgIpc) is 2.05. The summed E-state index contributed by atoms with van der Waals surface area (Å²) in [5.41, 5.74) is 0. The van der Waals surface area contributed by atoms with E-state index in [0.717, 1.165) is 6.42 Å². The van der Waals surface area contributed by atoms with E-state index in [2.05, 4.69) is 36.0 Å². The van der Waals surface area contributed by atoms with Crippen molar-refractivity contribution in [1.29, 1.82) is 0 Å². The molecule has 0 aliphatic rings. The quantitative estimate of drug-likeness (QED) is 0.379. The van der Waals surface area contributed by atoms with E-state index < -0.39 is 0 Å². The Morgan fingerprint density at radius 2 is 2.33 bits per heavy atom. The van der Waals surface area contributed by atoms with Crippen LogP contribution in [0.4, 0.5) is 0 Å². The Hall–Kier alpha value is 0.479. The van der Waals surface area contributed by atoms with Gasteiger partial charge in [0.2, 0.25) is 0 Å². The number of unbranched alkanes of at least 4 members (excludes halogenated alkanes) is 1. The minimum atomic E-state index is 0.607. The van der Waals surface area contributed by atoms with Crippen LogP contribution >= 0.6 is 11.8 Å². The molecule has 0 amide bonds. The third-order valence-electron chi connectivity index (χ3n) is 1.65. The molecule has 0 aliphatic carbocycles. The van der Waals surface area contributed by atoms with Crippen molar-refractivity contribution >= 4 is 31.1 Å². The van der Waals surface area contributed by atoms with Crippen LogP contribution in [0, 0.1) is 5.92 Å². The zero-order chi connectivity index (χ0) is 9.40. The molecule has 0 aliphatic heterocycles. The monoisotopic (exact) mass is 250 g/mol. The Morgan fingerprint density at radius 3 is 2.83 bits per heavy atom. The Bertz CT molecular complexity index is 143. The second-order valence-corrected chi connectivity index (χ2v) is 5.80. The maximum atomic E-state index is 3.77. The van der Waals surface area contributed by atoms with Crippen molar-refractivity contribution in [2.24, 2.45) is 5.92 Å². The van der Waals surface area contributed by atoms with Gasteiger partial charge in [-0.3, -0.25) is 0 Å². The first kappa shape index (κ1) is 12.5. The van der Waals surface area contributed by atoms with Gasteiger partial charge < -0.3 is 0 Å². The molecule has 70 valence electrons. The molecule has 0 N–H and O–H groups in total. The van der Waals surface area contributed by atoms with E-state index in [9.17, 15) is 0 Å². The molecule has 0 spiro atoms. The Kier molecular flexibility index (Phi) is 8.42. The summed E-state index contributed by atoms with van der Waals surface area (Å²) in [7, 11) is 0. The molecular weight excluding hydrogens is 231 g/mol. The van der Waals surface area contributed by atoms with E-state index in [1.807, 2.05) is 17.8 Å². The predicted molar refractivity (Wildman–Crippen MR) is 62.1 cm³/mol. The molecule has 1 atom stereocenters. The van der Waals surface area contributed by atoms with Crippen LogP contribution in [0.5, 0.6) is 0 Å². The van der Waals surface area contributed by atoms with Gasteiger partial charge in [-0.05, 0) is 0 Å². The van der Waals surface area contributed by atoms with Crippen molar-refractivity contribution in [2.75, 3.05) is 5.75 Å². The van der Waals surface area contributed by atoms with Crippen LogP contribution < -0.4 is 0 Å². The zero-order valence-corrected chi connectivity index (χ0v) is 10.5. The van der Waals surface area contributed by atoms with Gasteiger partial charge in [0, 0.05) is 0 Å². The van der Waals surface area contributed by atoms with Gasteiger partial charge in [-0.15, -0.1) is 0 Å². The van der Waals surface area contributed by atoms with Crippen LogP contribution in [-0.2, 0) is 0 Å². The Labute approximate surface area is 88.6 Å². The Balaban J connectivity index is 3.39. The minimum absolute atomic E-state index is 0.607. The molecule has 0 fully saturated rings. The van der Waals surface area contributed by atoms with Gasteiger partial charge in [-0.2, -0.15) is 0 Å². The van der Waals surface area contributed by atoms with Crippen LogP contribution in [0.25, 0.3) is 0 Å². The fraction of sp³-hybridized carbons (Fsp3) is 0.700. The van der Waals surface area contributed by atoms with Crippen LogP contribution in [-0.4, -0.2) is 25.1 Å². The van der Waals surface area contributed by atoms with Crippen molar-refractivity contribution in [2.45, 2.75) is 33.1 Å². The van der Waals surface area contributed by atoms with E-state index in [4.69, 9.17) is 0 Å². The first-order valence-corrected chi connectivity index (χ1v) is 6.33. The standard InChI is InChI=1S/C10H18SSe/c1-4-6-7-11-10(12)8-9(3)5-2/h5,9H,2,4,6-8H2,1,3H3. The summed E-state index contributed by atoms with van der Waals surface area (Å²) in [6.45, 7) is 8.20. The normalized spacial score (nSPS) is 12.5. The predicted octanol–water partition coefficient (Wildman–Crippen LogP) is 3.03. The summed E-state index contributed by atoms with van der Waals surface area (Å²) in [4.78, 5) is 0. The molecule has 0 bridgehead atoms. The first-order valence-electron chi connectivity index (χ1n) is 4.48. The molecule has 0 aromatic rings. The van der Waals surface area contributed by atoms with E-state index in [1.54, 1.807) is 0 Å². The van der Waals surface area contributed by atoms with Crippen LogP contribution in [0.2, 0.25) is 0 Å². The fourth-order valence-corrected chi connectivity index (χ4v) is 2.85. The van der Waals surface area contributed by atoms with Crippen molar-refractivity contribution < 1.29 is 0 Å². The number of thioether (sulfide) groups is 1. The summed E-state index contributed by atoms with van der Waals surface area (Å²) in [5, 5.41) is 0. The molecule has 0 heterocycles. The fourth-order valence-electron chi connectivity index (χ4n) is 0.735. The zero-order valence-electron chi connectivity index (χ0n) is 8.01. The van der Waals surface area contributed by atoms with Gasteiger partial charge >= 0.3 is 88.5 Å². The molecule has 1 unspecified atom stereocenters. The molecule has 2 heteroatoms. The third kappa shape index (κ3) is 7.15. The van der Waals surface area contributed by atoms with Crippen molar-refractivity contribution in [3.8, 4) is 0 Å². The van der Waals surface area contributed by atoms with Gasteiger partial charge in [0.1, 0.15) is 0 Å². The van der Waals surface area contributed by atoms with Crippen molar-refractivity contribution in [3.05, 3.63) is 12.7 Å². The molecule has 0 nitrogen and oxygen atoms in total. The summed E-state index contributed by atoms with van der Waals surface area (Å²) in [5.74, 6) is 1.86. The average molecular weight is 249 g/mol. The number of hydrogen-bond donors (Lipinski definition) is 0. The van der Waals surface area contributed by atoms with Gasteiger partial charge in [-0.25, -0.2) is 0 Å². The second-order valence-electron chi connectivity index (χ2n) is 2.99. The van der Waals surface area contributed by atoms with Crippen LogP contribution in [0.1, 0.15) is 33.1 Å². The summed E-state index contributed by atoms with van der Waals surface area (Å²) in [6, 6.07) is 0. The van der Waals surface area contributed by atoms with Gasteiger partial charge in [0.15, 0.2) is 0 Å². The van der Waals surface area contributed by atoms with E-state index in [1.165, 1.54) is 22.3 Å². The van der Waals surface area contributed by atoms with Crippen molar-refractivity contribution in [3.63, 3.8) is 0 Å². The SMILES string of the molecule is C=CC(C)CC(=[Se])SCCCC. The summed E-state index contributed by atoms with van der Waals surface area (Å²) >= 11 is 5.09. The van der Waals surface area contributed by atoms with Crippen molar-refractivity contribution in [1.82, 2.24) is 0 Å². The third-order valence-corrected chi connectivity index (χ3v) is 3.72. The second kappa shape index (κ2) is 8.09. The van der Waals surface area contributed by atoms with Gasteiger partial charge in [0.05, 0.1) is 0 Å². The number of hydrogen-bond acceptors (Lipinski definition) is 1. The van der Waals surface area contributed by atoms with Gasteiger partial charge in [0.25, 0.3) is 0 Å². The van der Waals surface area contributed by atoms with E-state index in [-0.39, 0.29) is 0 Å². The maximum absolute atomic E-state index is 3.77.